The Morgan fingerprint density at radius 1 is 1.71 bits per heavy atom. The molecule has 0 aliphatic rings. The molecule has 0 unspecified atom stereocenters. The highest BCUT2D eigenvalue weighted by Gasteiger charge is 1.83. The maximum absolute atomic E-state index is 9.56. The highest BCUT2D eigenvalue weighted by Crippen LogP contribution is 1.77. The van der Waals surface area contributed by atoms with Crippen LogP contribution >= 0.6 is 0 Å². The Kier molecular flexibility index (Phi) is 3.02. The molecule has 0 spiro atoms. The van der Waals surface area contributed by atoms with Crippen molar-refractivity contribution in [3.8, 4) is 0 Å². The second kappa shape index (κ2) is 3.40. The molecule has 1 radical (unpaired) electrons. The van der Waals surface area contributed by atoms with Crippen molar-refractivity contribution in [3.63, 3.8) is 0 Å². The molecule has 2 heteroatoms. The van der Waals surface area contributed by atoms with Crippen molar-refractivity contribution in [1.29, 1.82) is 0 Å². The average Bonchev–Trinajstić information content (AvgIpc) is 1.61. The van der Waals surface area contributed by atoms with E-state index in [0.29, 0.717) is 0 Å². The highest BCUT2D eigenvalue weighted by molar-refractivity contribution is 5.79. The molecule has 39 valence electrons. The van der Waals surface area contributed by atoms with Crippen LogP contribution in [0.2, 0.25) is 0 Å². The lowest BCUT2D eigenvalue weighted by Gasteiger charge is -1.69. The zero-order valence-corrected chi connectivity index (χ0v) is 4.18. The van der Waals surface area contributed by atoms with Gasteiger partial charge in [0, 0.05) is 6.08 Å². The number of carbonyl (C=O) groups excluding carboxylic acids is 1. The molecule has 0 bridgehead atoms. The van der Waals surface area contributed by atoms with Gasteiger partial charge in [-0.05, 0) is 6.42 Å². The van der Waals surface area contributed by atoms with Gasteiger partial charge in [0.05, 0.1) is 0 Å². The van der Waals surface area contributed by atoms with Crippen molar-refractivity contribution in [2.24, 2.45) is 0 Å². The van der Waals surface area contributed by atoms with Crippen molar-refractivity contribution >= 4 is 5.97 Å². The van der Waals surface area contributed by atoms with Crippen LogP contribution in [0.4, 0.5) is 0 Å². The van der Waals surface area contributed by atoms with Crippen LogP contribution in [0.5, 0.6) is 0 Å². The number of hydrogen-bond donors (Lipinski definition) is 0. The van der Waals surface area contributed by atoms with E-state index in [9.17, 15) is 9.90 Å². The Morgan fingerprint density at radius 2 is 2.29 bits per heavy atom. The Bertz CT molecular complexity index is 84.1. The quantitative estimate of drug-likeness (QED) is 0.474. The van der Waals surface area contributed by atoms with Crippen LogP contribution in [0.3, 0.4) is 0 Å². The van der Waals surface area contributed by atoms with Crippen LogP contribution in [0.25, 0.3) is 0 Å². The first-order valence-corrected chi connectivity index (χ1v) is 2.15. The lowest BCUT2D eigenvalue weighted by molar-refractivity contribution is -0.137. The maximum atomic E-state index is 9.56. The number of carbonyl (C=O) groups is 1. The molecule has 7 heavy (non-hydrogen) atoms. The molecule has 2 nitrogen and oxygen atoms in total. The first-order valence-electron chi connectivity index (χ1n) is 2.15. The molecule has 0 amide bonds. The summed E-state index contributed by atoms with van der Waals surface area (Å²) in [6.07, 6.45) is 3.31. The van der Waals surface area contributed by atoms with E-state index in [2.05, 4.69) is 0 Å². The molecule has 0 N–H and O–H groups in total. The lowest BCUT2D eigenvalue weighted by Crippen LogP contribution is -1.81. The van der Waals surface area contributed by atoms with E-state index in [1.54, 1.807) is 0 Å². The van der Waals surface area contributed by atoms with Crippen molar-refractivity contribution in [2.45, 2.75) is 13.3 Å². The van der Waals surface area contributed by atoms with Gasteiger partial charge in [0.1, 0.15) is 0 Å². The normalized spacial score (nSPS) is 9.86. The Labute approximate surface area is 42.5 Å². The smallest absolute Gasteiger partial charge is 0.242 e. The van der Waals surface area contributed by atoms with Crippen molar-refractivity contribution < 1.29 is 9.90 Å². The van der Waals surface area contributed by atoms with Gasteiger partial charge in [0.25, 0.3) is 0 Å². The van der Waals surface area contributed by atoms with Crippen LogP contribution in [-0.4, -0.2) is 5.97 Å². The summed E-state index contributed by atoms with van der Waals surface area (Å²) in [4.78, 5) is 9.56. The van der Waals surface area contributed by atoms with Gasteiger partial charge in [0.2, 0.25) is 0 Å². The fourth-order valence-electron chi connectivity index (χ4n) is 0.214. The van der Waals surface area contributed by atoms with Gasteiger partial charge in [-0.1, -0.05) is 13.0 Å². The minimum Gasteiger partial charge on any atom is -0.242 e. The highest BCUT2D eigenvalue weighted by atomic mass is 16.4. The Balaban J connectivity index is 3.26. The van der Waals surface area contributed by atoms with Crippen LogP contribution in [0.15, 0.2) is 12.2 Å². The summed E-state index contributed by atoms with van der Waals surface area (Å²) >= 11 is 0. The van der Waals surface area contributed by atoms with Crippen LogP contribution in [-0.2, 0) is 9.90 Å². The average molecular weight is 99.1 g/mol. The fourth-order valence-corrected chi connectivity index (χ4v) is 0.214. The predicted molar refractivity (Wildman–Crippen MR) is 25.1 cm³/mol. The second-order valence-electron chi connectivity index (χ2n) is 1.13. The Hall–Kier alpha value is -0.790. The molecule has 0 saturated heterocycles. The summed E-state index contributed by atoms with van der Waals surface area (Å²) in [7, 11) is 0. The first kappa shape index (κ1) is 6.21. The molecule has 0 aliphatic heterocycles. The van der Waals surface area contributed by atoms with E-state index in [1.165, 1.54) is 6.08 Å². The molecule has 0 heterocycles. The molecular formula is C5H7O2. The third-order valence-electron chi connectivity index (χ3n) is 0.490. The van der Waals surface area contributed by atoms with Gasteiger partial charge in [-0.3, -0.25) is 0 Å². The minimum atomic E-state index is -1.12. The van der Waals surface area contributed by atoms with E-state index in [1.807, 2.05) is 6.92 Å². The summed E-state index contributed by atoms with van der Waals surface area (Å²) in [5, 5.41) is 9.56. The predicted octanol–water partition coefficient (Wildman–Crippen LogP) is 0.910. The second-order valence-corrected chi connectivity index (χ2v) is 1.13. The van der Waals surface area contributed by atoms with Crippen molar-refractivity contribution in [1.82, 2.24) is 0 Å². The molecule has 0 aromatic carbocycles. The summed E-state index contributed by atoms with van der Waals surface area (Å²) < 4.78 is 0. The van der Waals surface area contributed by atoms with E-state index >= 15 is 0 Å². The zero-order chi connectivity index (χ0) is 5.70. The molecule has 0 rings (SSSR count). The molecule has 0 atom stereocenters. The van der Waals surface area contributed by atoms with Gasteiger partial charge in [-0.15, -0.1) is 0 Å². The standard InChI is InChI=1S/C5H7O2/c1-2-3-4-5(6)7/h3-4H,2H2,1H3/b4-3+. The van der Waals surface area contributed by atoms with E-state index in [0.717, 1.165) is 12.5 Å². The summed E-state index contributed by atoms with van der Waals surface area (Å²) in [6, 6.07) is 0. The molecule has 0 aliphatic carbocycles. The van der Waals surface area contributed by atoms with Crippen LogP contribution < -0.4 is 0 Å². The SMILES string of the molecule is CC/C=C/C([O])=O. The molecule has 0 saturated carbocycles. The third-order valence-corrected chi connectivity index (χ3v) is 0.490. The number of hydrogen-bond acceptors (Lipinski definition) is 1. The fraction of sp³-hybridized carbons (Fsp3) is 0.400. The molecule has 0 aromatic rings. The van der Waals surface area contributed by atoms with Gasteiger partial charge in [0.15, 0.2) is 0 Å². The number of rotatable bonds is 2. The molecule has 0 aromatic heterocycles. The van der Waals surface area contributed by atoms with Gasteiger partial charge >= 0.3 is 5.97 Å². The largest absolute Gasteiger partial charge is 0.378 e. The minimum absolute atomic E-state index is 0.744. The van der Waals surface area contributed by atoms with Gasteiger partial charge < -0.3 is 0 Å². The first-order chi connectivity index (χ1) is 3.27. The van der Waals surface area contributed by atoms with Crippen LogP contribution in [0.1, 0.15) is 13.3 Å². The van der Waals surface area contributed by atoms with Crippen LogP contribution in [0, 0.1) is 0 Å². The molecular weight excluding hydrogens is 92.1 g/mol. The van der Waals surface area contributed by atoms with Gasteiger partial charge in [-0.25, -0.2) is 9.90 Å². The number of allylic oxidation sites excluding steroid dienone is 1. The summed E-state index contributed by atoms with van der Waals surface area (Å²) in [5.41, 5.74) is 0. The summed E-state index contributed by atoms with van der Waals surface area (Å²) in [5.74, 6) is -1.12. The Morgan fingerprint density at radius 3 is 2.43 bits per heavy atom. The van der Waals surface area contributed by atoms with Gasteiger partial charge in [-0.2, -0.15) is 0 Å². The van der Waals surface area contributed by atoms with E-state index < -0.39 is 5.97 Å². The maximum Gasteiger partial charge on any atom is 0.378 e. The van der Waals surface area contributed by atoms with Crippen molar-refractivity contribution in [3.05, 3.63) is 12.2 Å². The van der Waals surface area contributed by atoms with E-state index in [-0.39, 0.29) is 0 Å². The zero-order valence-electron chi connectivity index (χ0n) is 4.18. The topological polar surface area (TPSA) is 37.0 Å². The third kappa shape index (κ3) is 5.21. The molecule has 0 fully saturated rings. The monoisotopic (exact) mass is 99.0 g/mol. The summed E-state index contributed by atoms with van der Waals surface area (Å²) in [6.45, 7) is 1.86. The lowest BCUT2D eigenvalue weighted by atomic mass is 10.4. The van der Waals surface area contributed by atoms with E-state index in [4.69, 9.17) is 0 Å². The van der Waals surface area contributed by atoms with Crippen molar-refractivity contribution in [2.75, 3.05) is 0 Å².